The van der Waals surface area contributed by atoms with Gasteiger partial charge >= 0.3 is 5.97 Å². The van der Waals surface area contributed by atoms with E-state index in [1.807, 2.05) is 45.9 Å². The summed E-state index contributed by atoms with van der Waals surface area (Å²) in [6, 6.07) is 5.01. The second kappa shape index (κ2) is 12.5. The molecule has 45 heavy (non-hydrogen) atoms. The van der Waals surface area contributed by atoms with Crippen LogP contribution in [-0.4, -0.2) is 64.9 Å². The summed E-state index contributed by atoms with van der Waals surface area (Å²) >= 11 is 0. The van der Waals surface area contributed by atoms with Gasteiger partial charge in [-0.1, -0.05) is 40.5 Å². The average molecular weight is 620 g/mol. The molecule has 244 valence electrons. The van der Waals surface area contributed by atoms with Crippen molar-refractivity contribution in [1.82, 2.24) is 14.9 Å². The van der Waals surface area contributed by atoms with Crippen LogP contribution in [0.5, 0.6) is 11.6 Å². The first-order valence-corrected chi connectivity index (χ1v) is 17.0. The van der Waals surface area contributed by atoms with Crippen molar-refractivity contribution in [3.8, 4) is 11.6 Å². The van der Waals surface area contributed by atoms with Crippen LogP contribution in [0.25, 0.3) is 11.0 Å². The van der Waals surface area contributed by atoms with Gasteiger partial charge in [0.2, 0.25) is 11.8 Å². The molecule has 2 aliphatic carbocycles. The van der Waals surface area contributed by atoms with Gasteiger partial charge in [-0.05, 0) is 80.2 Å². The third-order valence-electron chi connectivity index (χ3n) is 11.0. The van der Waals surface area contributed by atoms with Crippen molar-refractivity contribution in [2.24, 2.45) is 28.6 Å². The van der Waals surface area contributed by atoms with Gasteiger partial charge in [-0.3, -0.25) is 9.59 Å². The molecule has 1 spiro atoms. The molecule has 1 aromatic carbocycles. The SMILES string of the molecule is CC[C@@H]1[C@@H]2CN(C(=O)[C@H](C(C)(C)C)CC(=O)O[C@@H]3CC4(CC4)C[C@H]3CCCCCc3nc4ccc(OC)cc4nc3O2)[C@@H]1C=O. The van der Waals surface area contributed by atoms with E-state index in [1.165, 1.54) is 12.8 Å². The van der Waals surface area contributed by atoms with E-state index in [1.54, 1.807) is 12.0 Å². The Hall–Kier alpha value is -3.23. The van der Waals surface area contributed by atoms with Crippen LogP contribution in [-0.2, 0) is 25.5 Å². The number of fused-ring (bicyclic) bond motifs is 5. The highest BCUT2D eigenvalue weighted by molar-refractivity contribution is 5.87. The van der Waals surface area contributed by atoms with E-state index in [2.05, 4.69) is 0 Å². The zero-order valence-corrected chi connectivity index (χ0v) is 27.5. The Balaban J connectivity index is 1.36. The van der Waals surface area contributed by atoms with Gasteiger partial charge in [-0.25, -0.2) is 9.97 Å². The first-order chi connectivity index (χ1) is 21.5. The molecule has 1 saturated heterocycles. The van der Waals surface area contributed by atoms with E-state index >= 15 is 0 Å². The number of methoxy groups -OCH3 is 1. The van der Waals surface area contributed by atoms with Crippen LogP contribution < -0.4 is 9.47 Å². The lowest BCUT2D eigenvalue weighted by Gasteiger charge is -2.34. The summed E-state index contributed by atoms with van der Waals surface area (Å²) in [5.41, 5.74) is 2.09. The van der Waals surface area contributed by atoms with Crippen molar-refractivity contribution in [1.29, 1.82) is 0 Å². The number of ether oxygens (including phenoxy) is 3. The summed E-state index contributed by atoms with van der Waals surface area (Å²) in [6.45, 7) is 8.20. The van der Waals surface area contributed by atoms with Crippen LogP contribution in [0.3, 0.4) is 0 Å². The summed E-state index contributed by atoms with van der Waals surface area (Å²) in [4.78, 5) is 52.0. The molecule has 0 unspecified atom stereocenters. The summed E-state index contributed by atoms with van der Waals surface area (Å²) in [5.74, 6) is 0.168. The molecule has 1 aromatic heterocycles. The topological polar surface area (TPSA) is 108 Å². The lowest BCUT2D eigenvalue weighted by molar-refractivity contribution is -0.157. The van der Waals surface area contributed by atoms with E-state index in [4.69, 9.17) is 24.2 Å². The van der Waals surface area contributed by atoms with Crippen molar-refractivity contribution in [2.75, 3.05) is 13.7 Å². The minimum atomic E-state index is -0.652. The molecular weight excluding hydrogens is 570 g/mol. The quantitative estimate of drug-likeness (QED) is 0.300. The first-order valence-electron chi connectivity index (χ1n) is 17.0. The number of hydrogen-bond acceptors (Lipinski definition) is 8. The third kappa shape index (κ3) is 6.54. The Labute approximate surface area is 266 Å². The third-order valence-corrected chi connectivity index (χ3v) is 11.0. The van der Waals surface area contributed by atoms with E-state index in [0.29, 0.717) is 41.3 Å². The monoisotopic (exact) mass is 619 g/mol. The molecule has 3 fully saturated rings. The maximum atomic E-state index is 14.3. The van der Waals surface area contributed by atoms with Crippen LogP contribution in [0, 0.1) is 28.6 Å². The van der Waals surface area contributed by atoms with Crippen LogP contribution in [0.15, 0.2) is 18.2 Å². The average Bonchev–Trinajstić information content (AvgIpc) is 3.54. The molecule has 6 atom stereocenters. The van der Waals surface area contributed by atoms with Crippen molar-refractivity contribution in [3.05, 3.63) is 23.9 Å². The number of benzene rings is 1. The fraction of sp³-hybridized carbons (Fsp3) is 0.694. The molecule has 6 rings (SSSR count). The van der Waals surface area contributed by atoms with Crippen LogP contribution in [0.1, 0.15) is 97.6 Å². The Bertz CT molecular complexity index is 1430. The number of hydrogen-bond donors (Lipinski definition) is 0. The minimum absolute atomic E-state index is 0.00504. The van der Waals surface area contributed by atoms with E-state index < -0.39 is 23.5 Å². The first kappa shape index (κ1) is 31.7. The van der Waals surface area contributed by atoms with Gasteiger partial charge in [0.1, 0.15) is 29.9 Å². The summed E-state index contributed by atoms with van der Waals surface area (Å²) in [7, 11) is 1.62. The molecule has 0 N–H and O–H groups in total. The number of rotatable bonds is 3. The van der Waals surface area contributed by atoms with Gasteiger partial charge in [-0.2, -0.15) is 0 Å². The zero-order chi connectivity index (χ0) is 31.9. The molecule has 1 amide bonds. The van der Waals surface area contributed by atoms with E-state index in [0.717, 1.165) is 56.0 Å². The highest BCUT2D eigenvalue weighted by atomic mass is 16.5. The Kier molecular flexibility index (Phi) is 8.83. The molecule has 2 aromatic rings. The maximum Gasteiger partial charge on any atom is 0.306 e. The van der Waals surface area contributed by atoms with Crippen LogP contribution in [0.2, 0.25) is 0 Å². The lowest BCUT2D eigenvalue weighted by atomic mass is 9.77. The minimum Gasteiger partial charge on any atom is -0.497 e. The fourth-order valence-corrected chi connectivity index (χ4v) is 8.12. The molecule has 9 nitrogen and oxygen atoms in total. The Morgan fingerprint density at radius 1 is 1.04 bits per heavy atom. The van der Waals surface area contributed by atoms with Crippen molar-refractivity contribution < 1.29 is 28.6 Å². The number of nitrogens with zero attached hydrogens (tertiary/aromatic N) is 3. The summed E-state index contributed by atoms with van der Waals surface area (Å²) in [6.07, 6.45) is 10.3. The van der Waals surface area contributed by atoms with E-state index in [9.17, 15) is 14.4 Å². The van der Waals surface area contributed by atoms with Gasteiger partial charge in [0.05, 0.1) is 43.1 Å². The Morgan fingerprint density at radius 2 is 1.84 bits per heavy atom. The predicted molar refractivity (Wildman–Crippen MR) is 170 cm³/mol. The molecular formula is C36H49N3O6. The lowest BCUT2D eigenvalue weighted by Crippen LogP contribution is -2.46. The highest BCUT2D eigenvalue weighted by Crippen LogP contribution is 2.61. The molecule has 3 heterocycles. The number of carbonyl (C=O) groups is 3. The molecule has 2 bridgehead atoms. The maximum absolute atomic E-state index is 14.3. The van der Waals surface area contributed by atoms with Gasteiger partial charge in [0.25, 0.3) is 0 Å². The molecule has 0 radical (unpaired) electrons. The number of carbonyl (C=O) groups excluding carboxylic acids is 3. The number of aromatic nitrogens is 2. The van der Waals surface area contributed by atoms with Gasteiger partial charge in [-0.15, -0.1) is 0 Å². The van der Waals surface area contributed by atoms with Gasteiger partial charge in [0.15, 0.2) is 0 Å². The van der Waals surface area contributed by atoms with Crippen molar-refractivity contribution >= 4 is 29.2 Å². The molecule has 9 heteroatoms. The van der Waals surface area contributed by atoms with E-state index in [-0.39, 0.29) is 36.9 Å². The fourth-order valence-electron chi connectivity index (χ4n) is 8.12. The second-order valence-corrected chi connectivity index (χ2v) is 15.1. The number of aldehydes is 1. The Morgan fingerprint density at radius 3 is 2.53 bits per heavy atom. The van der Waals surface area contributed by atoms with Gasteiger partial charge < -0.3 is 23.9 Å². The molecule has 2 saturated carbocycles. The van der Waals surface area contributed by atoms with Crippen LogP contribution in [0.4, 0.5) is 0 Å². The second-order valence-electron chi connectivity index (χ2n) is 15.1. The standard InChI is InChI=1S/C36H49N3O6/c1-6-24-29(21-40)39-20-31(24)45-33-27(37-26-13-12-23(43-5)16-28(26)38-33)11-9-7-8-10-22-18-36(14-15-36)19-30(22)44-32(41)17-25(34(39)42)35(2,3)4/h12-13,16,21-22,24-25,29-31H,6-11,14-15,17-20H2,1-5H3/t22-,24+,25-,29-,30-,31+/m1/s1. The smallest absolute Gasteiger partial charge is 0.306 e. The van der Waals surface area contributed by atoms with Gasteiger partial charge in [0, 0.05) is 12.0 Å². The molecule has 2 aliphatic heterocycles. The number of esters is 1. The predicted octanol–water partition coefficient (Wildman–Crippen LogP) is 6.09. The summed E-state index contributed by atoms with van der Waals surface area (Å²) in [5, 5.41) is 0. The largest absolute Gasteiger partial charge is 0.497 e. The van der Waals surface area contributed by atoms with Crippen molar-refractivity contribution in [3.63, 3.8) is 0 Å². The number of amides is 1. The van der Waals surface area contributed by atoms with Crippen LogP contribution >= 0.6 is 0 Å². The highest BCUT2D eigenvalue weighted by Gasteiger charge is 2.54. The summed E-state index contributed by atoms with van der Waals surface area (Å²) < 4.78 is 18.3. The van der Waals surface area contributed by atoms with Crippen molar-refractivity contribution in [2.45, 2.75) is 117 Å². The number of aryl methyl sites for hydroxylation is 1. The normalized spacial score (nSPS) is 30.6. The molecule has 4 aliphatic rings. The zero-order valence-electron chi connectivity index (χ0n) is 27.5.